The lowest BCUT2D eigenvalue weighted by Gasteiger charge is -2.24. The third-order valence-corrected chi connectivity index (χ3v) is 5.89. The molecule has 0 saturated carbocycles. The van der Waals surface area contributed by atoms with Gasteiger partial charge in [-0.05, 0) is 12.8 Å². The Bertz CT molecular complexity index is 570. The molecule has 0 radical (unpaired) electrons. The Morgan fingerprint density at radius 1 is 1.40 bits per heavy atom. The summed E-state index contributed by atoms with van der Waals surface area (Å²) < 4.78 is 62.5. The van der Waals surface area contributed by atoms with Gasteiger partial charge in [0.25, 0.3) is 10.0 Å². The molecular formula is C10H14ClF3N2O2S2. The number of halogens is 4. The van der Waals surface area contributed by atoms with Gasteiger partial charge in [-0.15, -0.1) is 0 Å². The fourth-order valence-electron chi connectivity index (χ4n) is 1.56. The number of aryl methyl sites for hydroxylation is 1. The first-order valence-electron chi connectivity index (χ1n) is 5.63. The molecule has 10 heteroatoms. The Kier molecular flexibility index (Phi) is 5.45. The second-order valence-electron chi connectivity index (χ2n) is 4.65. The number of nitrogens with zero attached hydrogens (tertiary/aromatic N) is 2. The first kappa shape index (κ1) is 17.7. The van der Waals surface area contributed by atoms with Gasteiger partial charge in [0.15, 0.2) is 8.68 Å². The zero-order chi connectivity index (χ0) is 15.7. The van der Waals surface area contributed by atoms with E-state index in [1.54, 1.807) is 13.8 Å². The Hall–Kier alpha value is -0.380. The molecule has 0 unspecified atom stereocenters. The Morgan fingerprint density at radius 3 is 2.30 bits per heavy atom. The second kappa shape index (κ2) is 6.17. The molecule has 4 nitrogen and oxygen atoms in total. The minimum atomic E-state index is -4.61. The van der Waals surface area contributed by atoms with Gasteiger partial charge in [0.2, 0.25) is 0 Å². The summed E-state index contributed by atoms with van der Waals surface area (Å²) in [4.78, 5) is 3.73. The monoisotopic (exact) mass is 350 g/mol. The first-order valence-corrected chi connectivity index (χ1v) is 8.26. The third-order valence-electron chi connectivity index (χ3n) is 2.23. The molecule has 0 amide bonds. The van der Waals surface area contributed by atoms with Crippen LogP contribution >= 0.6 is 22.9 Å². The molecule has 0 atom stereocenters. The van der Waals surface area contributed by atoms with Crippen molar-refractivity contribution in [2.24, 2.45) is 5.92 Å². The lowest BCUT2D eigenvalue weighted by atomic mass is 10.2. The molecule has 1 aromatic heterocycles. The average Bonchev–Trinajstić information content (AvgIpc) is 2.54. The number of aromatic nitrogens is 1. The lowest BCUT2D eigenvalue weighted by Crippen LogP contribution is -2.40. The summed E-state index contributed by atoms with van der Waals surface area (Å²) >= 11 is 6.28. The van der Waals surface area contributed by atoms with Crippen molar-refractivity contribution in [3.8, 4) is 0 Å². The van der Waals surface area contributed by atoms with Gasteiger partial charge in [-0.3, -0.25) is 0 Å². The van der Waals surface area contributed by atoms with Crippen LogP contribution in [0.3, 0.4) is 0 Å². The van der Waals surface area contributed by atoms with Crippen LogP contribution in [-0.2, 0) is 10.0 Å². The normalized spacial score (nSPS) is 13.4. The van der Waals surface area contributed by atoms with Crippen molar-refractivity contribution in [1.29, 1.82) is 0 Å². The molecule has 1 rings (SSSR count). The highest BCUT2D eigenvalue weighted by Gasteiger charge is 2.38. The van der Waals surface area contributed by atoms with Crippen LogP contribution in [-0.4, -0.2) is 37.0 Å². The van der Waals surface area contributed by atoms with Crippen molar-refractivity contribution in [1.82, 2.24) is 9.29 Å². The number of hydrogen-bond acceptors (Lipinski definition) is 4. The van der Waals surface area contributed by atoms with E-state index in [0.29, 0.717) is 15.6 Å². The van der Waals surface area contributed by atoms with E-state index in [-0.39, 0.29) is 26.8 Å². The molecule has 0 fully saturated rings. The molecule has 0 N–H and O–H groups in total. The van der Waals surface area contributed by atoms with E-state index in [1.165, 1.54) is 6.92 Å². The fourth-order valence-corrected chi connectivity index (χ4v) is 5.02. The molecule has 20 heavy (non-hydrogen) atoms. The molecule has 0 aliphatic heterocycles. The molecule has 116 valence electrons. The van der Waals surface area contributed by atoms with E-state index >= 15 is 0 Å². The van der Waals surface area contributed by atoms with Gasteiger partial charge in [-0.25, -0.2) is 13.4 Å². The van der Waals surface area contributed by atoms with E-state index in [0.717, 1.165) is 0 Å². The van der Waals surface area contributed by atoms with Crippen molar-refractivity contribution in [3.05, 3.63) is 10.2 Å². The van der Waals surface area contributed by atoms with Gasteiger partial charge in [0, 0.05) is 6.54 Å². The van der Waals surface area contributed by atoms with Gasteiger partial charge in [0.1, 0.15) is 6.54 Å². The van der Waals surface area contributed by atoms with Crippen molar-refractivity contribution in [2.75, 3.05) is 13.1 Å². The maximum absolute atomic E-state index is 12.6. The molecule has 0 aliphatic rings. The van der Waals surface area contributed by atoms with Crippen LogP contribution in [0.4, 0.5) is 13.2 Å². The summed E-state index contributed by atoms with van der Waals surface area (Å²) in [5, 5.41) is 0. The Labute approximate surface area is 124 Å². The zero-order valence-electron chi connectivity index (χ0n) is 11.0. The smallest absolute Gasteiger partial charge is 0.229 e. The summed E-state index contributed by atoms with van der Waals surface area (Å²) in [6.45, 7) is 2.94. The summed E-state index contributed by atoms with van der Waals surface area (Å²) in [6.07, 6.45) is -4.61. The predicted octanol–water partition coefficient (Wildman–Crippen LogP) is 3.31. The summed E-state index contributed by atoms with van der Waals surface area (Å²) in [5.41, 5.74) is 0.107. The summed E-state index contributed by atoms with van der Waals surface area (Å²) in [5.74, 6) is -0.240. The second-order valence-corrected chi connectivity index (χ2v) is 8.36. The van der Waals surface area contributed by atoms with Gasteiger partial charge in [-0.2, -0.15) is 17.5 Å². The quantitative estimate of drug-likeness (QED) is 0.818. The number of thiazole rings is 1. The topological polar surface area (TPSA) is 50.3 Å². The Balaban J connectivity index is 3.20. The van der Waals surface area contributed by atoms with Crippen LogP contribution in [0.2, 0.25) is 4.47 Å². The SMILES string of the molecule is Cc1nc(Cl)sc1S(=O)(=O)N(CC(C)C)CC(F)(F)F. The minimum absolute atomic E-state index is 0.0161. The van der Waals surface area contributed by atoms with Crippen molar-refractivity contribution < 1.29 is 21.6 Å². The van der Waals surface area contributed by atoms with Crippen LogP contribution in [0.15, 0.2) is 4.21 Å². The maximum Gasteiger partial charge on any atom is 0.402 e. The molecule has 0 spiro atoms. The van der Waals surface area contributed by atoms with Crippen LogP contribution in [0.1, 0.15) is 19.5 Å². The van der Waals surface area contributed by atoms with Crippen molar-refractivity contribution in [3.63, 3.8) is 0 Å². The molecule has 0 saturated heterocycles. The number of sulfonamides is 1. The van der Waals surface area contributed by atoms with Gasteiger partial charge >= 0.3 is 6.18 Å². The van der Waals surface area contributed by atoms with Gasteiger partial charge in [-0.1, -0.05) is 36.8 Å². The van der Waals surface area contributed by atoms with Crippen molar-refractivity contribution in [2.45, 2.75) is 31.2 Å². The zero-order valence-corrected chi connectivity index (χ0v) is 13.4. The van der Waals surface area contributed by atoms with Crippen molar-refractivity contribution >= 4 is 33.0 Å². The van der Waals surface area contributed by atoms with Crippen LogP contribution in [0.5, 0.6) is 0 Å². The highest BCUT2D eigenvalue weighted by Crippen LogP contribution is 2.31. The highest BCUT2D eigenvalue weighted by molar-refractivity contribution is 7.91. The first-order chi connectivity index (χ1) is 8.93. The summed E-state index contributed by atoms with van der Waals surface area (Å²) in [6, 6.07) is 0. The van der Waals surface area contributed by atoms with E-state index in [4.69, 9.17) is 11.6 Å². The number of hydrogen-bond donors (Lipinski definition) is 0. The minimum Gasteiger partial charge on any atom is -0.229 e. The van der Waals surface area contributed by atoms with Gasteiger partial charge in [0.05, 0.1) is 5.69 Å². The van der Waals surface area contributed by atoms with Gasteiger partial charge < -0.3 is 0 Å². The van der Waals surface area contributed by atoms with E-state index in [2.05, 4.69) is 4.98 Å². The summed E-state index contributed by atoms with van der Waals surface area (Å²) in [7, 11) is -4.25. The predicted molar refractivity (Wildman–Crippen MR) is 71.5 cm³/mol. The Morgan fingerprint density at radius 2 is 1.95 bits per heavy atom. The molecule has 1 aromatic rings. The van der Waals surface area contributed by atoms with Crippen LogP contribution in [0.25, 0.3) is 0 Å². The number of alkyl halides is 3. The maximum atomic E-state index is 12.6. The average molecular weight is 351 g/mol. The fraction of sp³-hybridized carbons (Fsp3) is 0.700. The standard InChI is InChI=1S/C10H14ClF3N2O2S2/c1-6(2)4-16(5-10(12,13)14)20(17,18)8-7(3)15-9(11)19-8/h6H,4-5H2,1-3H3. The lowest BCUT2D eigenvalue weighted by molar-refractivity contribution is -0.136. The van der Waals surface area contributed by atoms with E-state index < -0.39 is 22.7 Å². The number of rotatable bonds is 5. The van der Waals surface area contributed by atoms with Crippen LogP contribution in [0, 0.1) is 12.8 Å². The largest absolute Gasteiger partial charge is 0.402 e. The third kappa shape index (κ3) is 4.57. The molecule has 0 aliphatic carbocycles. The molecular weight excluding hydrogens is 337 g/mol. The van der Waals surface area contributed by atoms with E-state index in [9.17, 15) is 21.6 Å². The highest BCUT2D eigenvalue weighted by atomic mass is 35.5. The molecule has 0 aromatic carbocycles. The molecule has 1 heterocycles. The molecule has 0 bridgehead atoms. The van der Waals surface area contributed by atoms with Crippen LogP contribution < -0.4 is 0 Å². The van der Waals surface area contributed by atoms with E-state index in [1.807, 2.05) is 0 Å².